The SMILES string of the molecule is COc1cc2c(=O)oc3c(OC)c(OC)c(-c4c(OC)c(OC)c(OC)c5c4C(=O)O[C@@H]4[C@@H](OC(C)=O)[C@H](OC(C)=O)[C@@H](COC(C)=O)O[C@H]54)c4c(=O)oc(c1OC)c2c34. The van der Waals surface area contributed by atoms with Gasteiger partial charge in [0.05, 0.1) is 66.1 Å². The second kappa shape index (κ2) is 15.7. The van der Waals surface area contributed by atoms with Gasteiger partial charge in [-0.2, -0.15) is 0 Å². The molecule has 0 radical (unpaired) electrons. The average Bonchev–Trinajstić information content (AvgIpc) is 3.21. The minimum atomic E-state index is -1.54. The second-order valence-corrected chi connectivity index (χ2v) is 13.3. The summed E-state index contributed by atoms with van der Waals surface area (Å²) in [4.78, 5) is 80.1. The van der Waals surface area contributed by atoms with Crippen LogP contribution in [0.25, 0.3) is 43.8 Å². The van der Waals surface area contributed by atoms with Crippen LogP contribution in [-0.4, -0.2) is 105 Å². The van der Waals surface area contributed by atoms with Gasteiger partial charge in [0.1, 0.15) is 18.8 Å². The van der Waals surface area contributed by atoms with Gasteiger partial charge in [0, 0.05) is 48.2 Å². The number of hydrogen-bond acceptors (Lipinski definition) is 20. The highest BCUT2D eigenvalue weighted by molar-refractivity contribution is 6.26. The Balaban J connectivity index is 1.67. The fraction of sp³-hybridized carbons (Fsp3) is 0.400. The molecule has 0 amide bonds. The van der Waals surface area contributed by atoms with Crippen LogP contribution in [-0.2, 0) is 38.1 Å². The van der Waals surface area contributed by atoms with Crippen LogP contribution in [0.5, 0.6) is 40.2 Å². The molecule has 20 heteroatoms. The molecule has 1 saturated heterocycles. The molecule has 60 heavy (non-hydrogen) atoms. The molecule has 4 heterocycles. The van der Waals surface area contributed by atoms with Crippen LogP contribution in [0.1, 0.15) is 42.8 Å². The van der Waals surface area contributed by atoms with E-state index < -0.39 is 72.3 Å². The Morgan fingerprint density at radius 2 is 1.15 bits per heavy atom. The minimum absolute atomic E-state index is 0.00778. The van der Waals surface area contributed by atoms with E-state index >= 15 is 0 Å². The number of rotatable bonds is 12. The third-order valence-corrected chi connectivity index (χ3v) is 10.2. The van der Waals surface area contributed by atoms with Crippen molar-refractivity contribution in [2.45, 2.75) is 51.3 Å². The molecule has 2 aromatic heterocycles. The molecule has 3 aromatic carbocycles. The average molecular weight is 839 g/mol. The first-order valence-electron chi connectivity index (χ1n) is 18.0. The molecule has 0 N–H and O–H groups in total. The van der Waals surface area contributed by atoms with Gasteiger partial charge in [0.25, 0.3) is 0 Å². The highest BCUT2D eigenvalue weighted by Crippen LogP contribution is 2.60. The topological polar surface area (TPSA) is 239 Å². The van der Waals surface area contributed by atoms with Crippen molar-refractivity contribution in [1.82, 2.24) is 0 Å². The van der Waals surface area contributed by atoms with Crippen LogP contribution in [0, 0.1) is 0 Å². The van der Waals surface area contributed by atoms with Gasteiger partial charge < -0.3 is 65.7 Å². The number of carbonyl (C=O) groups excluding carboxylic acids is 4. The zero-order valence-corrected chi connectivity index (χ0v) is 33.8. The number of ether oxygens (including phenoxy) is 12. The van der Waals surface area contributed by atoms with E-state index in [0.717, 1.165) is 20.8 Å². The van der Waals surface area contributed by atoms with Gasteiger partial charge in [-0.1, -0.05) is 0 Å². The summed E-state index contributed by atoms with van der Waals surface area (Å²) >= 11 is 0. The van der Waals surface area contributed by atoms with Crippen molar-refractivity contribution in [2.24, 2.45) is 0 Å². The Morgan fingerprint density at radius 3 is 1.72 bits per heavy atom. The van der Waals surface area contributed by atoms with Gasteiger partial charge >= 0.3 is 35.1 Å². The Kier molecular flexibility index (Phi) is 10.8. The van der Waals surface area contributed by atoms with Crippen LogP contribution >= 0.6 is 0 Å². The first kappa shape index (κ1) is 41.2. The maximum Gasteiger partial charge on any atom is 0.345 e. The number of fused-ring (bicyclic) bond motifs is 3. The van der Waals surface area contributed by atoms with Gasteiger partial charge in [-0.15, -0.1) is 0 Å². The number of benzene rings is 3. The summed E-state index contributed by atoms with van der Waals surface area (Å²) in [5.41, 5.74) is -3.09. The fourth-order valence-electron chi connectivity index (χ4n) is 8.06. The Hall–Kier alpha value is -6.96. The van der Waals surface area contributed by atoms with Gasteiger partial charge in [-0.25, -0.2) is 14.4 Å². The molecule has 5 aromatic rings. The third-order valence-electron chi connectivity index (χ3n) is 10.2. The predicted molar refractivity (Wildman–Crippen MR) is 203 cm³/mol. The van der Waals surface area contributed by atoms with E-state index in [4.69, 9.17) is 65.7 Å². The Morgan fingerprint density at radius 1 is 0.583 bits per heavy atom. The van der Waals surface area contributed by atoms with Gasteiger partial charge in [-0.05, 0) is 6.07 Å². The molecule has 0 saturated carbocycles. The molecule has 0 bridgehead atoms. The van der Waals surface area contributed by atoms with E-state index in [9.17, 15) is 28.8 Å². The zero-order valence-electron chi connectivity index (χ0n) is 33.8. The summed E-state index contributed by atoms with van der Waals surface area (Å²) in [6.07, 6.45) is -7.31. The Bertz CT molecular complexity index is 2710. The number of hydrogen-bond donors (Lipinski definition) is 0. The molecule has 0 aliphatic carbocycles. The molecule has 2 aliphatic rings. The summed E-state index contributed by atoms with van der Waals surface area (Å²) < 4.78 is 81.3. The number of methoxy groups -OCH3 is 7. The maximum absolute atomic E-state index is 14.8. The number of carbonyl (C=O) groups is 4. The van der Waals surface area contributed by atoms with Crippen LogP contribution in [0.4, 0.5) is 0 Å². The zero-order chi connectivity index (χ0) is 43.5. The van der Waals surface area contributed by atoms with Gasteiger partial charge in [0.15, 0.2) is 52.5 Å². The second-order valence-electron chi connectivity index (χ2n) is 13.3. The predicted octanol–water partition coefficient (Wildman–Crippen LogP) is 3.62. The molecular formula is C40H38O20. The first-order valence-corrected chi connectivity index (χ1v) is 18.0. The molecule has 5 atom stereocenters. The van der Waals surface area contributed by atoms with Crippen LogP contribution in [0.2, 0.25) is 0 Å². The lowest BCUT2D eigenvalue weighted by molar-refractivity contribution is -0.251. The monoisotopic (exact) mass is 838 g/mol. The summed E-state index contributed by atoms with van der Waals surface area (Å²) in [6.45, 7) is 2.82. The normalized spacial score (nSPS) is 19.5. The summed E-state index contributed by atoms with van der Waals surface area (Å²) in [7, 11) is 8.96. The quantitative estimate of drug-likeness (QED) is 0.0754. The third kappa shape index (κ3) is 6.16. The van der Waals surface area contributed by atoms with Crippen LogP contribution < -0.4 is 44.4 Å². The molecule has 1 fully saturated rings. The molecule has 2 aliphatic heterocycles. The van der Waals surface area contributed by atoms with E-state index in [-0.39, 0.29) is 95.2 Å². The molecular weight excluding hydrogens is 800 g/mol. The summed E-state index contributed by atoms with van der Waals surface area (Å²) in [5.74, 6) is -4.33. The van der Waals surface area contributed by atoms with Crippen molar-refractivity contribution in [2.75, 3.05) is 56.4 Å². The summed E-state index contributed by atoms with van der Waals surface area (Å²) in [6, 6.07) is 1.36. The van der Waals surface area contributed by atoms with E-state index in [1.807, 2.05) is 0 Å². The van der Waals surface area contributed by atoms with Crippen molar-refractivity contribution < 1.29 is 84.9 Å². The van der Waals surface area contributed by atoms with Crippen molar-refractivity contribution in [3.63, 3.8) is 0 Å². The van der Waals surface area contributed by atoms with E-state index in [1.54, 1.807) is 0 Å². The standard InChI is InChI=1S/C40H38O20/c1-13(41)54-12-18-27(55-14(2)42)36(56-15(3)43)37-33(57-18)25-24(40(46)60-37)22(28(49-6)34(52-9)30(25)51-8)21-23-20-19-16(38(44)58-32(20)35(53-10)29(21)50-7)11-17(47-4)26(48-5)31(19)59-39(23)45/h11,18,27,33,36-37H,12H2,1-10H3/t18-,27-,33-,36+,37+/m1/s1. The summed E-state index contributed by atoms with van der Waals surface area (Å²) in [5, 5.41) is -0.300. The molecule has 0 spiro atoms. The smallest absolute Gasteiger partial charge is 0.345 e. The van der Waals surface area contributed by atoms with Crippen LogP contribution in [0.3, 0.4) is 0 Å². The lowest BCUT2D eigenvalue weighted by Crippen LogP contribution is -2.60. The highest BCUT2D eigenvalue weighted by Gasteiger charge is 2.57. The maximum atomic E-state index is 14.8. The minimum Gasteiger partial charge on any atom is -0.493 e. The van der Waals surface area contributed by atoms with Gasteiger partial charge in [-0.3, -0.25) is 14.4 Å². The number of esters is 4. The molecule has 0 unspecified atom stereocenters. The molecule has 318 valence electrons. The Labute approximate surface area is 338 Å². The van der Waals surface area contributed by atoms with E-state index in [0.29, 0.717) is 0 Å². The van der Waals surface area contributed by atoms with Gasteiger partial charge in [0.2, 0.25) is 17.2 Å². The lowest BCUT2D eigenvalue weighted by atomic mass is 9.81. The highest BCUT2D eigenvalue weighted by atomic mass is 16.7. The van der Waals surface area contributed by atoms with Crippen molar-refractivity contribution in [1.29, 1.82) is 0 Å². The first-order chi connectivity index (χ1) is 28.7. The largest absolute Gasteiger partial charge is 0.493 e. The van der Waals surface area contributed by atoms with Crippen LogP contribution in [0.15, 0.2) is 24.5 Å². The van der Waals surface area contributed by atoms with E-state index in [1.165, 1.54) is 55.8 Å². The van der Waals surface area contributed by atoms with Crippen molar-refractivity contribution in [3.05, 3.63) is 38.0 Å². The molecule has 20 nitrogen and oxygen atoms in total. The van der Waals surface area contributed by atoms with Crippen molar-refractivity contribution in [3.8, 4) is 51.4 Å². The fourth-order valence-corrected chi connectivity index (χ4v) is 8.06. The van der Waals surface area contributed by atoms with Crippen molar-refractivity contribution >= 4 is 56.6 Å². The van der Waals surface area contributed by atoms with E-state index in [2.05, 4.69) is 0 Å². The molecule has 7 rings (SSSR count). The lowest BCUT2D eigenvalue weighted by Gasteiger charge is -2.47.